The lowest BCUT2D eigenvalue weighted by Gasteiger charge is -2.28. The topological polar surface area (TPSA) is 42.4 Å². The predicted molar refractivity (Wildman–Crippen MR) is 237 cm³/mol. The van der Waals surface area contributed by atoms with Crippen LogP contribution in [0.5, 0.6) is 0 Å². The van der Waals surface area contributed by atoms with Crippen LogP contribution in [-0.4, -0.2) is 4.98 Å². The molecule has 0 atom stereocenters. The smallest absolute Gasteiger partial charge is 0.227 e. The zero-order valence-corrected chi connectivity index (χ0v) is 32.1. The highest BCUT2D eigenvalue weighted by molar-refractivity contribution is 7.25. The number of rotatable bonds is 5. The number of thiophene rings is 1. The second-order valence-corrected chi connectivity index (χ2v) is 16.6. The summed E-state index contributed by atoms with van der Waals surface area (Å²) in [5, 5.41) is 4.65. The fraction of sp³-hybridized carbons (Fsp3) is 0.0577. The molecule has 0 N–H and O–H groups in total. The average Bonchev–Trinajstić information content (AvgIpc) is 4.00. The molecule has 0 aliphatic heterocycles. The van der Waals surface area contributed by atoms with E-state index in [1.165, 1.54) is 42.4 Å². The molecule has 0 amide bonds. The molecule has 0 saturated carbocycles. The lowest BCUT2D eigenvalue weighted by Crippen LogP contribution is -2.16. The molecule has 0 saturated heterocycles. The van der Waals surface area contributed by atoms with Crippen LogP contribution in [0.1, 0.15) is 25.0 Å². The molecule has 1 aliphatic rings. The maximum Gasteiger partial charge on any atom is 0.227 e. The van der Waals surface area contributed by atoms with Crippen LogP contribution in [0.2, 0.25) is 0 Å². The Morgan fingerprint density at radius 2 is 1.19 bits per heavy atom. The maximum absolute atomic E-state index is 6.46. The molecule has 3 heterocycles. The second kappa shape index (κ2) is 12.0. The van der Waals surface area contributed by atoms with E-state index in [4.69, 9.17) is 13.8 Å². The Balaban J connectivity index is 0.997. The lowest BCUT2D eigenvalue weighted by atomic mass is 9.82. The van der Waals surface area contributed by atoms with Gasteiger partial charge in [0.1, 0.15) is 16.7 Å². The standard InChI is InChI=1S/C52H34N2O2S/c1-52(2)42-16-8-6-13-37(42)38-25-23-35(28-43(38)52)54(34-24-26-49-40(27-34)39-14-7-9-18-48(39)57-49)33-21-19-31(20-22-33)36-15-10-17-45-50(36)41-29-44-47(30-46(41)55-45)56-51(53-44)32-11-4-3-5-12-32/h3-30H,1-2H3. The van der Waals surface area contributed by atoms with Crippen LogP contribution in [0.4, 0.5) is 17.1 Å². The minimum Gasteiger partial charge on any atom is -0.456 e. The van der Waals surface area contributed by atoms with E-state index >= 15 is 0 Å². The molecule has 11 aromatic rings. The van der Waals surface area contributed by atoms with Crippen molar-refractivity contribution in [3.63, 3.8) is 0 Å². The van der Waals surface area contributed by atoms with Gasteiger partial charge < -0.3 is 13.7 Å². The monoisotopic (exact) mass is 750 g/mol. The van der Waals surface area contributed by atoms with Crippen LogP contribution in [0, 0.1) is 0 Å². The van der Waals surface area contributed by atoms with Crippen LogP contribution < -0.4 is 4.90 Å². The third-order valence-electron chi connectivity index (χ3n) is 11.9. The number of hydrogen-bond acceptors (Lipinski definition) is 5. The van der Waals surface area contributed by atoms with Gasteiger partial charge in [-0.1, -0.05) is 105 Å². The first-order chi connectivity index (χ1) is 28.0. The number of anilines is 3. The molecule has 4 nitrogen and oxygen atoms in total. The highest BCUT2D eigenvalue weighted by Crippen LogP contribution is 2.51. The first-order valence-electron chi connectivity index (χ1n) is 19.4. The van der Waals surface area contributed by atoms with Gasteiger partial charge >= 0.3 is 0 Å². The van der Waals surface area contributed by atoms with Gasteiger partial charge in [-0.2, -0.15) is 0 Å². The van der Waals surface area contributed by atoms with Crippen LogP contribution >= 0.6 is 11.3 Å². The van der Waals surface area contributed by atoms with Crippen LogP contribution in [0.15, 0.2) is 179 Å². The van der Waals surface area contributed by atoms with Gasteiger partial charge in [0.25, 0.3) is 0 Å². The molecule has 3 aromatic heterocycles. The van der Waals surface area contributed by atoms with Crippen molar-refractivity contribution in [2.45, 2.75) is 19.3 Å². The van der Waals surface area contributed by atoms with E-state index in [2.05, 4.69) is 146 Å². The molecule has 5 heteroatoms. The minimum atomic E-state index is -0.113. The van der Waals surface area contributed by atoms with Crippen molar-refractivity contribution >= 4 is 81.6 Å². The number of fused-ring (bicyclic) bond motifs is 10. The van der Waals surface area contributed by atoms with E-state index in [1.54, 1.807) is 0 Å². The van der Waals surface area contributed by atoms with E-state index in [9.17, 15) is 0 Å². The normalized spacial score (nSPS) is 13.2. The molecule has 0 unspecified atom stereocenters. The predicted octanol–water partition coefficient (Wildman–Crippen LogP) is 15.2. The molecule has 12 rings (SSSR count). The number of furan rings is 1. The van der Waals surface area contributed by atoms with E-state index < -0.39 is 0 Å². The van der Waals surface area contributed by atoms with Gasteiger partial charge in [-0.3, -0.25) is 0 Å². The Morgan fingerprint density at radius 1 is 0.474 bits per heavy atom. The van der Waals surface area contributed by atoms with Crippen molar-refractivity contribution in [3.05, 3.63) is 181 Å². The Bertz CT molecular complexity index is 3390. The van der Waals surface area contributed by atoms with Crippen molar-refractivity contribution in [2.75, 3.05) is 4.90 Å². The van der Waals surface area contributed by atoms with Gasteiger partial charge in [-0.15, -0.1) is 11.3 Å². The van der Waals surface area contributed by atoms with Gasteiger partial charge in [0, 0.05) is 65.1 Å². The first-order valence-corrected chi connectivity index (χ1v) is 20.2. The zero-order chi connectivity index (χ0) is 37.8. The SMILES string of the molecule is CC1(C)c2ccccc2-c2ccc(N(c3ccc(-c4cccc5oc6cc7oc(-c8ccccc8)nc7cc6c45)cc3)c3ccc4sc5ccccc5c4c3)cc21. The molecule has 0 bridgehead atoms. The Hall–Kier alpha value is -6.95. The Kier molecular flexibility index (Phi) is 6.82. The molecule has 0 spiro atoms. The number of oxazole rings is 1. The van der Waals surface area contributed by atoms with Crippen molar-refractivity contribution < 1.29 is 8.83 Å². The summed E-state index contributed by atoms with van der Waals surface area (Å²) in [5.41, 5.74) is 14.9. The summed E-state index contributed by atoms with van der Waals surface area (Å²) in [6.45, 7) is 4.69. The van der Waals surface area contributed by atoms with Gasteiger partial charge in [-0.05, 0) is 106 Å². The Morgan fingerprint density at radius 3 is 2.09 bits per heavy atom. The molecular weight excluding hydrogens is 717 g/mol. The fourth-order valence-electron chi connectivity index (χ4n) is 9.11. The number of nitrogens with zero attached hydrogens (tertiary/aromatic N) is 2. The zero-order valence-electron chi connectivity index (χ0n) is 31.3. The fourth-order valence-corrected chi connectivity index (χ4v) is 10.2. The van der Waals surface area contributed by atoms with E-state index in [0.717, 1.165) is 61.2 Å². The summed E-state index contributed by atoms with van der Waals surface area (Å²) >= 11 is 1.85. The van der Waals surface area contributed by atoms with Crippen molar-refractivity contribution in [2.24, 2.45) is 0 Å². The van der Waals surface area contributed by atoms with Crippen molar-refractivity contribution in [1.82, 2.24) is 4.98 Å². The molecule has 57 heavy (non-hydrogen) atoms. The highest BCUT2D eigenvalue weighted by atomic mass is 32.1. The Labute approximate surface area is 332 Å². The van der Waals surface area contributed by atoms with Gasteiger partial charge in [0.15, 0.2) is 5.58 Å². The summed E-state index contributed by atoms with van der Waals surface area (Å²) in [6, 6.07) is 60.8. The molecule has 8 aromatic carbocycles. The average molecular weight is 751 g/mol. The van der Waals surface area contributed by atoms with Gasteiger partial charge in [-0.25, -0.2) is 4.98 Å². The molecule has 0 fully saturated rings. The highest BCUT2D eigenvalue weighted by Gasteiger charge is 2.35. The van der Waals surface area contributed by atoms with Crippen LogP contribution in [0.25, 0.3) is 86.9 Å². The largest absolute Gasteiger partial charge is 0.456 e. The molecule has 270 valence electrons. The summed E-state index contributed by atoms with van der Waals surface area (Å²) in [4.78, 5) is 7.28. The molecule has 0 radical (unpaired) electrons. The summed E-state index contributed by atoms with van der Waals surface area (Å²) in [6.07, 6.45) is 0. The third-order valence-corrected chi connectivity index (χ3v) is 13.1. The minimum absolute atomic E-state index is 0.113. The van der Waals surface area contributed by atoms with Crippen molar-refractivity contribution in [3.8, 4) is 33.7 Å². The van der Waals surface area contributed by atoms with Gasteiger partial charge in [0.05, 0.1) is 0 Å². The number of aromatic nitrogens is 1. The van der Waals surface area contributed by atoms with Gasteiger partial charge in [0.2, 0.25) is 5.89 Å². The third kappa shape index (κ3) is 4.89. The number of hydrogen-bond donors (Lipinski definition) is 0. The quantitative estimate of drug-likeness (QED) is 0.176. The van der Waals surface area contributed by atoms with Crippen LogP contribution in [0.3, 0.4) is 0 Å². The van der Waals surface area contributed by atoms with Crippen molar-refractivity contribution in [1.29, 1.82) is 0 Å². The maximum atomic E-state index is 6.46. The second-order valence-electron chi connectivity index (χ2n) is 15.5. The van der Waals surface area contributed by atoms with E-state index in [0.29, 0.717) is 11.5 Å². The molecule has 1 aliphatic carbocycles. The van der Waals surface area contributed by atoms with E-state index in [-0.39, 0.29) is 5.41 Å². The summed E-state index contributed by atoms with van der Waals surface area (Å²) < 4.78 is 15.3. The molecular formula is C52H34N2O2S. The number of benzene rings is 8. The summed E-state index contributed by atoms with van der Waals surface area (Å²) in [5.74, 6) is 0.603. The van der Waals surface area contributed by atoms with E-state index in [1.807, 2.05) is 53.8 Å². The lowest BCUT2D eigenvalue weighted by molar-refractivity contribution is 0.617. The van der Waals surface area contributed by atoms with Crippen LogP contribution in [-0.2, 0) is 5.41 Å². The summed E-state index contributed by atoms with van der Waals surface area (Å²) in [7, 11) is 0. The first kappa shape index (κ1) is 32.3.